The summed E-state index contributed by atoms with van der Waals surface area (Å²) in [6, 6.07) is 7.14. The molecule has 33 heavy (non-hydrogen) atoms. The van der Waals surface area contributed by atoms with E-state index in [0.717, 1.165) is 38.2 Å². The van der Waals surface area contributed by atoms with Crippen LogP contribution < -0.4 is 16.8 Å². The van der Waals surface area contributed by atoms with Gasteiger partial charge in [0.15, 0.2) is 0 Å². The van der Waals surface area contributed by atoms with Crippen LogP contribution >= 0.6 is 0 Å². The lowest BCUT2D eigenvalue weighted by molar-refractivity contribution is -0.109. The van der Waals surface area contributed by atoms with Gasteiger partial charge in [-0.1, -0.05) is 19.1 Å². The summed E-state index contributed by atoms with van der Waals surface area (Å²) >= 11 is 0. The summed E-state index contributed by atoms with van der Waals surface area (Å²) in [5.74, 6) is 1.59. The molecule has 1 amide bonds. The van der Waals surface area contributed by atoms with Crippen LogP contribution in [-0.4, -0.2) is 61.3 Å². The van der Waals surface area contributed by atoms with Crippen molar-refractivity contribution in [2.45, 2.75) is 38.0 Å². The molecular formula is C25H37N5O3. The number of carbonyl (C=O) groups excluding carboxylic acids is 1. The molecule has 1 aromatic carbocycles. The molecule has 7 N–H and O–H groups in total. The van der Waals surface area contributed by atoms with Gasteiger partial charge < -0.3 is 36.5 Å². The van der Waals surface area contributed by atoms with Gasteiger partial charge in [0.1, 0.15) is 11.6 Å². The number of likely N-dealkylation sites (tertiary alicyclic amines) is 1. The monoisotopic (exact) mass is 455 g/mol. The molecule has 1 aromatic heterocycles. The van der Waals surface area contributed by atoms with Crippen LogP contribution in [0.3, 0.4) is 0 Å². The molecule has 1 atom stereocenters. The van der Waals surface area contributed by atoms with Crippen molar-refractivity contribution in [3.05, 3.63) is 46.6 Å². The number of nitrogens with one attached hydrogen (secondary N) is 2. The average molecular weight is 456 g/mol. The third-order valence-corrected chi connectivity index (χ3v) is 6.38. The van der Waals surface area contributed by atoms with Crippen LogP contribution in [0, 0.1) is 0 Å². The van der Waals surface area contributed by atoms with Crippen LogP contribution in [0.1, 0.15) is 60.4 Å². The van der Waals surface area contributed by atoms with Gasteiger partial charge in [0, 0.05) is 55.2 Å². The van der Waals surface area contributed by atoms with Crippen molar-refractivity contribution < 1.29 is 14.6 Å². The number of hydrogen-bond donors (Lipinski definition) is 5. The number of phenolic OH excluding ortho intramolecular Hbond substituents is 1. The number of aromatic nitrogens is 1. The van der Waals surface area contributed by atoms with E-state index in [0.29, 0.717) is 35.3 Å². The van der Waals surface area contributed by atoms with Crippen molar-refractivity contribution in [3.63, 3.8) is 0 Å². The number of nitrogens with two attached hydrogens (primary N) is 2. The maximum absolute atomic E-state index is 10.2. The number of anilines is 1. The third kappa shape index (κ3) is 6.09. The molecule has 2 aromatic rings. The van der Waals surface area contributed by atoms with Crippen molar-refractivity contribution in [2.75, 3.05) is 45.6 Å². The number of phenols is 1. The normalized spacial score (nSPS) is 18.1. The molecule has 0 radical (unpaired) electrons. The molecule has 0 saturated carbocycles. The van der Waals surface area contributed by atoms with Crippen molar-refractivity contribution >= 4 is 24.0 Å². The van der Waals surface area contributed by atoms with E-state index in [1.165, 1.54) is 30.8 Å². The van der Waals surface area contributed by atoms with Crippen LogP contribution in [0.15, 0.2) is 24.3 Å². The Morgan fingerprint density at radius 2 is 2.00 bits per heavy atom. The molecule has 180 valence electrons. The minimum atomic E-state index is 0.176. The highest BCUT2D eigenvalue weighted by molar-refractivity contribution is 5.86. The number of carbonyl (C=O) groups is 1. The number of amides is 1. The minimum Gasteiger partial charge on any atom is -0.507 e. The van der Waals surface area contributed by atoms with Crippen molar-refractivity contribution in [1.29, 1.82) is 0 Å². The first-order chi connectivity index (χ1) is 16.0. The fourth-order valence-electron chi connectivity index (χ4n) is 4.56. The molecule has 3 heterocycles. The topological polar surface area (TPSA) is 130 Å². The lowest BCUT2D eigenvalue weighted by Crippen LogP contribution is -2.39. The zero-order valence-electron chi connectivity index (χ0n) is 19.6. The Bertz CT molecular complexity index is 946. The number of H-pyrrole nitrogens is 1. The molecule has 2 saturated heterocycles. The summed E-state index contributed by atoms with van der Waals surface area (Å²) in [4.78, 5) is 15.0. The average Bonchev–Trinajstić information content (AvgIpc) is 3.13. The second-order valence-corrected chi connectivity index (χ2v) is 8.74. The van der Waals surface area contributed by atoms with E-state index in [4.69, 9.17) is 21.0 Å². The van der Waals surface area contributed by atoms with E-state index in [-0.39, 0.29) is 5.75 Å². The lowest BCUT2D eigenvalue weighted by Gasteiger charge is -2.34. The number of hydrogen-bond acceptors (Lipinski definition) is 6. The number of ether oxygens (including phenoxy) is 1. The zero-order chi connectivity index (χ0) is 23.8. The van der Waals surface area contributed by atoms with Gasteiger partial charge in [-0.3, -0.25) is 4.79 Å². The Hall–Kier alpha value is -2.97. The Balaban J connectivity index is 0.000000709. The Morgan fingerprint density at radius 1 is 1.33 bits per heavy atom. The van der Waals surface area contributed by atoms with Gasteiger partial charge in [0.2, 0.25) is 6.41 Å². The highest BCUT2D eigenvalue weighted by Crippen LogP contribution is 2.39. The van der Waals surface area contributed by atoms with Crippen LogP contribution in [0.2, 0.25) is 0 Å². The Kier molecular flexibility index (Phi) is 8.79. The number of para-hydroxylation sites is 1. The first-order valence-electron chi connectivity index (χ1n) is 11.6. The van der Waals surface area contributed by atoms with Crippen molar-refractivity contribution in [2.24, 2.45) is 5.73 Å². The highest BCUT2D eigenvalue weighted by Gasteiger charge is 2.28. The first-order valence-corrected chi connectivity index (χ1v) is 11.6. The first kappa shape index (κ1) is 24.7. The molecule has 8 heteroatoms. The molecule has 8 nitrogen and oxygen atoms in total. The lowest BCUT2D eigenvalue weighted by atomic mass is 9.86. The number of benzene rings is 1. The van der Waals surface area contributed by atoms with E-state index >= 15 is 0 Å². The summed E-state index contributed by atoms with van der Waals surface area (Å²) in [7, 11) is 1.56. The molecular weight excluding hydrogens is 418 g/mol. The molecule has 0 unspecified atom stereocenters. The smallest absolute Gasteiger partial charge is 0.206 e. The fraction of sp³-hybridized carbons (Fsp3) is 0.480. The zero-order valence-corrected chi connectivity index (χ0v) is 19.6. The number of aromatic amines is 1. The van der Waals surface area contributed by atoms with Crippen molar-refractivity contribution in [3.8, 4) is 5.75 Å². The second-order valence-electron chi connectivity index (χ2n) is 8.74. The van der Waals surface area contributed by atoms with Crippen molar-refractivity contribution in [1.82, 2.24) is 15.2 Å². The largest absolute Gasteiger partial charge is 0.507 e. The van der Waals surface area contributed by atoms with E-state index < -0.39 is 0 Å². The number of aromatic hydroxyl groups is 1. The van der Waals surface area contributed by atoms with Gasteiger partial charge in [0.25, 0.3) is 0 Å². The fourth-order valence-corrected chi connectivity index (χ4v) is 4.56. The third-order valence-electron chi connectivity index (χ3n) is 6.38. The Morgan fingerprint density at radius 3 is 2.58 bits per heavy atom. The SMILES string of the molecule is CNC=O.C[C@H](CN1CCC1)c1c(C2CCOCC2)[nH]c(N)c1/C=C(\N)c1ccccc1O. The Labute approximate surface area is 196 Å². The summed E-state index contributed by atoms with van der Waals surface area (Å²) in [6.07, 6.45) is 5.83. The van der Waals surface area contributed by atoms with E-state index in [1.807, 2.05) is 18.2 Å². The van der Waals surface area contributed by atoms with Gasteiger partial charge in [-0.25, -0.2) is 0 Å². The quantitative estimate of drug-likeness (QED) is 0.408. The van der Waals surface area contributed by atoms with Gasteiger partial charge in [0.05, 0.1) is 0 Å². The van der Waals surface area contributed by atoms with E-state index in [2.05, 4.69) is 22.1 Å². The number of nitrogens with zero attached hydrogens (tertiary/aromatic N) is 1. The van der Waals surface area contributed by atoms with Crippen LogP contribution in [-0.2, 0) is 9.53 Å². The van der Waals surface area contributed by atoms with Gasteiger partial charge >= 0.3 is 0 Å². The summed E-state index contributed by atoms with van der Waals surface area (Å²) in [6.45, 7) is 7.20. The maximum Gasteiger partial charge on any atom is 0.206 e. The molecule has 4 rings (SSSR count). The predicted octanol–water partition coefficient (Wildman–Crippen LogP) is 2.82. The summed E-state index contributed by atoms with van der Waals surface area (Å²) in [5.41, 5.74) is 17.5. The second kappa shape index (κ2) is 11.8. The van der Waals surface area contributed by atoms with Gasteiger partial charge in [-0.2, -0.15) is 0 Å². The number of rotatable bonds is 7. The summed E-state index contributed by atoms with van der Waals surface area (Å²) in [5, 5.41) is 12.4. The van der Waals surface area contributed by atoms with Crippen LogP contribution in [0.25, 0.3) is 11.8 Å². The molecule has 2 fully saturated rings. The predicted molar refractivity (Wildman–Crippen MR) is 133 cm³/mol. The number of nitrogen functional groups attached to an aromatic ring is 1. The molecule has 2 aliphatic heterocycles. The minimum absolute atomic E-state index is 0.176. The van der Waals surface area contributed by atoms with Crippen LogP contribution in [0.4, 0.5) is 5.82 Å². The summed E-state index contributed by atoms with van der Waals surface area (Å²) < 4.78 is 5.57. The standard InChI is InChI=1S/C23H32N4O2.C2H5NO/c1-15(14-27-9-4-10-27)21-18(13-19(24)17-5-2-3-6-20(17)28)23(25)26-22(21)16-7-11-29-12-8-16;1-3-2-4/h2-3,5-6,13,15-16,26,28H,4,7-12,14,24-25H2,1H3;2H,1H3,(H,3,4)/b19-13-;/t15-;/m1./s1. The molecule has 0 bridgehead atoms. The molecule has 2 aliphatic rings. The van der Waals surface area contributed by atoms with E-state index in [1.54, 1.807) is 19.2 Å². The van der Waals surface area contributed by atoms with Crippen LogP contribution in [0.5, 0.6) is 5.75 Å². The van der Waals surface area contributed by atoms with E-state index in [9.17, 15) is 5.11 Å². The maximum atomic E-state index is 10.2. The highest BCUT2D eigenvalue weighted by atomic mass is 16.5. The molecule has 0 spiro atoms. The van der Waals surface area contributed by atoms with Gasteiger partial charge in [-0.05, 0) is 62.0 Å². The van der Waals surface area contributed by atoms with Gasteiger partial charge in [-0.15, -0.1) is 0 Å². The molecule has 0 aliphatic carbocycles.